The fourth-order valence-corrected chi connectivity index (χ4v) is 8.89. The van der Waals surface area contributed by atoms with E-state index in [0.717, 1.165) is 77.3 Å². The van der Waals surface area contributed by atoms with Crippen LogP contribution in [0, 0.1) is 0 Å². The number of rotatable bonds is 4. The van der Waals surface area contributed by atoms with Crippen molar-refractivity contribution in [2.75, 3.05) is 0 Å². The average Bonchev–Trinajstić information content (AvgIpc) is 3.87. The average molecular weight is 651 g/mol. The third-order valence-electron chi connectivity index (χ3n) is 10.9. The predicted molar refractivity (Wildman–Crippen MR) is 209 cm³/mol. The number of fused-ring (bicyclic) bond motifs is 11. The minimum absolute atomic E-state index is 0.680. The Morgan fingerprint density at radius 2 is 0.706 bits per heavy atom. The first-order chi connectivity index (χ1) is 25.3. The highest BCUT2D eigenvalue weighted by molar-refractivity contribution is 6.24. The molecule has 0 fully saturated rings. The first-order valence-electron chi connectivity index (χ1n) is 17.5. The van der Waals surface area contributed by atoms with Gasteiger partial charge in [-0.25, -0.2) is 0 Å². The molecule has 0 unspecified atom stereocenters. The van der Waals surface area contributed by atoms with Gasteiger partial charge in [-0.1, -0.05) is 158 Å². The summed E-state index contributed by atoms with van der Waals surface area (Å²) in [6.45, 7) is 0. The monoisotopic (exact) mass is 650 g/mol. The topological polar surface area (TPSA) is 26.3 Å². The molecule has 0 amide bonds. The lowest BCUT2D eigenvalue weighted by molar-refractivity contribution is 0.665. The zero-order chi connectivity index (χ0) is 33.5. The highest BCUT2D eigenvalue weighted by Crippen LogP contribution is 2.63. The van der Waals surface area contributed by atoms with Crippen LogP contribution in [0.4, 0.5) is 0 Å². The molecule has 10 aromatic rings. The van der Waals surface area contributed by atoms with Crippen molar-refractivity contribution in [1.29, 1.82) is 0 Å². The quantitative estimate of drug-likeness (QED) is 0.189. The summed E-state index contributed by atoms with van der Waals surface area (Å²) in [7, 11) is 0. The maximum Gasteiger partial charge on any atom is 0.144 e. The van der Waals surface area contributed by atoms with Crippen molar-refractivity contribution in [1.82, 2.24) is 0 Å². The van der Waals surface area contributed by atoms with Crippen LogP contribution in [-0.4, -0.2) is 0 Å². The van der Waals surface area contributed by atoms with Crippen LogP contribution in [-0.2, 0) is 5.41 Å². The van der Waals surface area contributed by atoms with Gasteiger partial charge in [-0.15, -0.1) is 0 Å². The number of benzene rings is 8. The summed E-state index contributed by atoms with van der Waals surface area (Å²) in [6, 6.07) is 65.2. The Balaban J connectivity index is 1.44. The van der Waals surface area contributed by atoms with E-state index in [1.165, 1.54) is 22.3 Å². The number of hydrogen-bond donors (Lipinski definition) is 0. The molecular weight excluding hydrogens is 621 g/mol. The van der Waals surface area contributed by atoms with Gasteiger partial charge < -0.3 is 8.83 Å². The largest absolute Gasteiger partial charge is 0.455 e. The van der Waals surface area contributed by atoms with Crippen LogP contribution in [0.5, 0.6) is 0 Å². The zero-order valence-electron chi connectivity index (χ0n) is 27.6. The van der Waals surface area contributed by atoms with E-state index < -0.39 is 5.41 Å². The van der Waals surface area contributed by atoms with Gasteiger partial charge in [0.05, 0.1) is 5.41 Å². The summed E-state index contributed by atoms with van der Waals surface area (Å²) >= 11 is 0. The van der Waals surface area contributed by atoms with Crippen LogP contribution in [0.2, 0.25) is 0 Å². The molecule has 0 spiro atoms. The molecular formula is C49H30O2. The van der Waals surface area contributed by atoms with E-state index in [2.05, 4.69) is 182 Å². The van der Waals surface area contributed by atoms with Crippen molar-refractivity contribution in [3.8, 4) is 33.4 Å². The van der Waals surface area contributed by atoms with Gasteiger partial charge in [0.2, 0.25) is 0 Å². The molecule has 51 heavy (non-hydrogen) atoms. The Bertz CT molecular complexity index is 2730. The van der Waals surface area contributed by atoms with Gasteiger partial charge in [0.1, 0.15) is 22.3 Å². The molecule has 238 valence electrons. The van der Waals surface area contributed by atoms with Gasteiger partial charge >= 0.3 is 0 Å². The van der Waals surface area contributed by atoms with E-state index >= 15 is 0 Å². The maximum absolute atomic E-state index is 7.08. The predicted octanol–water partition coefficient (Wildman–Crippen LogP) is 13.2. The molecule has 2 heterocycles. The second-order valence-corrected chi connectivity index (χ2v) is 13.5. The van der Waals surface area contributed by atoms with Crippen molar-refractivity contribution in [2.45, 2.75) is 5.41 Å². The highest BCUT2D eigenvalue weighted by Gasteiger charge is 2.50. The van der Waals surface area contributed by atoms with Crippen LogP contribution in [0.25, 0.3) is 77.3 Å². The second kappa shape index (κ2) is 10.7. The second-order valence-electron chi connectivity index (χ2n) is 13.5. The summed E-state index contributed by atoms with van der Waals surface area (Å²) < 4.78 is 14.2. The van der Waals surface area contributed by atoms with E-state index in [4.69, 9.17) is 8.83 Å². The Morgan fingerprint density at radius 1 is 0.353 bits per heavy atom. The van der Waals surface area contributed by atoms with Crippen LogP contribution in [0.15, 0.2) is 191 Å². The lowest BCUT2D eigenvalue weighted by Gasteiger charge is -2.34. The highest BCUT2D eigenvalue weighted by atomic mass is 16.3. The maximum atomic E-state index is 7.08. The summed E-state index contributed by atoms with van der Waals surface area (Å²) in [5.41, 5.74) is 14.4. The van der Waals surface area contributed by atoms with Gasteiger partial charge in [0.15, 0.2) is 0 Å². The molecule has 0 atom stereocenters. The standard InChI is InChI=1S/C49H30O2/c1-5-17-31(18-6-1)37-29-39-45(47-43(37)35-25-13-15-27-41(35)50-47)46-40(49(39,33-21-9-3-10-22-33)34-23-11-4-12-24-34)30-38(32-19-7-2-8-20-32)44-36-26-14-16-28-42(36)51-48(44)46/h1-30H. The van der Waals surface area contributed by atoms with E-state index in [1.54, 1.807) is 0 Å². The lowest BCUT2D eigenvalue weighted by Crippen LogP contribution is -2.28. The van der Waals surface area contributed by atoms with Crippen LogP contribution >= 0.6 is 0 Å². The zero-order valence-corrected chi connectivity index (χ0v) is 27.6. The molecule has 0 saturated carbocycles. The Morgan fingerprint density at radius 3 is 1.12 bits per heavy atom. The summed E-state index contributed by atoms with van der Waals surface area (Å²) in [5, 5.41) is 4.45. The number of para-hydroxylation sites is 2. The molecule has 2 aromatic heterocycles. The normalized spacial score (nSPS) is 13.3. The van der Waals surface area contributed by atoms with Gasteiger partial charge in [-0.05, 0) is 68.8 Å². The van der Waals surface area contributed by atoms with E-state index in [0.29, 0.717) is 0 Å². The molecule has 1 aliphatic carbocycles. The molecule has 0 bridgehead atoms. The van der Waals surface area contributed by atoms with Crippen LogP contribution in [0.1, 0.15) is 22.3 Å². The van der Waals surface area contributed by atoms with Gasteiger partial charge in [0.25, 0.3) is 0 Å². The number of hydrogen-bond acceptors (Lipinski definition) is 2. The summed E-state index contributed by atoms with van der Waals surface area (Å²) in [6.07, 6.45) is 0. The molecule has 8 aromatic carbocycles. The minimum atomic E-state index is -0.680. The Kier molecular flexibility index (Phi) is 5.91. The van der Waals surface area contributed by atoms with Gasteiger partial charge in [0, 0.05) is 32.7 Å². The van der Waals surface area contributed by atoms with Crippen LogP contribution in [0.3, 0.4) is 0 Å². The number of furan rings is 2. The van der Waals surface area contributed by atoms with Crippen molar-refractivity contribution in [2.24, 2.45) is 0 Å². The summed E-state index contributed by atoms with van der Waals surface area (Å²) in [5.74, 6) is 0. The lowest BCUT2D eigenvalue weighted by atomic mass is 9.67. The first kappa shape index (κ1) is 28.2. The van der Waals surface area contributed by atoms with Crippen molar-refractivity contribution in [3.63, 3.8) is 0 Å². The smallest absolute Gasteiger partial charge is 0.144 e. The molecule has 0 N–H and O–H groups in total. The fourth-order valence-electron chi connectivity index (χ4n) is 8.89. The van der Waals surface area contributed by atoms with Crippen molar-refractivity contribution in [3.05, 3.63) is 204 Å². The molecule has 0 saturated heterocycles. The van der Waals surface area contributed by atoms with E-state index in [1.807, 2.05) is 0 Å². The van der Waals surface area contributed by atoms with Gasteiger partial charge in [-0.2, -0.15) is 0 Å². The SMILES string of the molecule is c1ccc(-c2cc3c(c4oc5ccccc5c24)-c2c(cc(-c4ccccc4)c4c2oc2ccccc24)C3(c2ccccc2)c2ccccc2)cc1. The first-order valence-corrected chi connectivity index (χ1v) is 17.5. The Labute approximate surface area is 294 Å². The summed E-state index contributed by atoms with van der Waals surface area (Å²) in [4.78, 5) is 0. The third kappa shape index (κ3) is 3.82. The fraction of sp³-hybridized carbons (Fsp3) is 0.0204. The van der Waals surface area contributed by atoms with E-state index in [9.17, 15) is 0 Å². The molecule has 2 heteroatoms. The van der Waals surface area contributed by atoms with Crippen molar-refractivity contribution >= 4 is 43.9 Å². The van der Waals surface area contributed by atoms with Crippen molar-refractivity contribution < 1.29 is 8.83 Å². The van der Waals surface area contributed by atoms with Crippen LogP contribution < -0.4 is 0 Å². The molecule has 1 aliphatic rings. The molecule has 11 rings (SSSR count). The third-order valence-corrected chi connectivity index (χ3v) is 10.9. The minimum Gasteiger partial charge on any atom is -0.455 e. The Hall–Kier alpha value is -6.64. The van der Waals surface area contributed by atoms with Gasteiger partial charge in [-0.3, -0.25) is 0 Å². The molecule has 2 nitrogen and oxygen atoms in total. The van der Waals surface area contributed by atoms with E-state index in [-0.39, 0.29) is 0 Å². The molecule has 0 aliphatic heterocycles. The molecule has 0 radical (unpaired) electrons.